The van der Waals surface area contributed by atoms with Crippen LogP contribution in [0.4, 0.5) is 5.69 Å². The Hall–Kier alpha value is -2.43. The second kappa shape index (κ2) is 6.95. The summed E-state index contributed by atoms with van der Waals surface area (Å²) < 4.78 is 50.6. The predicted octanol–water partition coefficient (Wildman–Crippen LogP) is 0.608. The van der Waals surface area contributed by atoms with Crippen LogP contribution in [-0.4, -0.2) is 47.1 Å². The Kier molecular flexibility index (Phi) is 4.98. The fourth-order valence-corrected chi connectivity index (χ4v) is 4.98. The van der Waals surface area contributed by atoms with Gasteiger partial charge in [0.2, 0.25) is 0 Å². The summed E-state index contributed by atoms with van der Waals surface area (Å²) in [4.78, 5) is 11.1. The van der Waals surface area contributed by atoms with Crippen LogP contribution in [-0.2, 0) is 31.3 Å². The van der Waals surface area contributed by atoms with Crippen molar-refractivity contribution in [2.24, 2.45) is 0 Å². The molecule has 0 saturated carbocycles. The fraction of sp³-hybridized carbons (Fsp3) is 0.235. The number of rotatable bonds is 5. The molecule has 1 aliphatic heterocycles. The smallest absolute Gasteiger partial charge is 0.302 e. The number of nitrogens with one attached hydrogen (secondary N) is 1. The maximum atomic E-state index is 12.1. The van der Waals surface area contributed by atoms with Crippen molar-refractivity contribution in [3.05, 3.63) is 53.6 Å². The summed E-state index contributed by atoms with van der Waals surface area (Å²) >= 11 is 0. The van der Waals surface area contributed by atoms with Gasteiger partial charge < -0.3 is 9.90 Å². The third kappa shape index (κ3) is 4.12. The molecule has 2 N–H and O–H groups in total. The van der Waals surface area contributed by atoms with Crippen molar-refractivity contribution in [3.63, 3.8) is 0 Å². The Morgan fingerprint density at radius 1 is 1.22 bits per heavy atom. The highest BCUT2D eigenvalue weighted by Crippen LogP contribution is 2.32. The molecule has 1 saturated heterocycles. The normalized spacial score (nSPS) is 19.1. The van der Waals surface area contributed by atoms with Crippen molar-refractivity contribution in [2.45, 2.75) is 17.4 Å². The van der Waals surface area contributed by atoms with Crippen molar-refractivity contribution >= 4 is 32.0 Å². The summed E-state index contributed by atoms with van der Waals surface area (Å²) in [5.74, 6) is -0.247. The molecule has 144 valence electrons. The number of hydrogen-bond donors (Lipinski definition) is 2. The summed E-state index contributed by atoms with van der Waals surface area (Å²) in [6.45, 7) is -0.102. The highest BCUT2D eigenvalue weighted by molar-refractivity contribution is 7.91. The second-order valence-corrected chi connectivity index (χ2v) is 9.96. The van der Waals surface area contributed by atoms with E-state index in [1.807, 2.05) is 0 Å². The summed E-state index contributed by atoms with van der Waals surface area (Å²) in [5, 5.41) is 10.3. The van der Waals surface area contributed by atoms with Gasteiger partial charge in [0.1, 0.15) is 12.0 Å². The van der Waals surface area contributed by atoms with Crippen molar-refractivity contribution < 1.29 is 26.7 Å². The molecule has 0 amide bonds. The number of aromatic hydroxyl groups is 1. The van der Waals surface area contributed by atoms with Crippen LogP contribution >= 0.6 is 0 Å². The molecule has 1 heterocycles. The lowest BCUT2D eigenvalue weighted by Gasteiger charge is -2.17. The maximum Gasteiger partial charge on any atom is 0.302 e. The fourth-order valence-electron chi connectivity index (χ4n) is 2.88. The molecule has 0 aromatic heterocycles. The van der Waals surface area contributed by atoms with E-state index in [-0.39, 0.29) is 22.9 Å². The molecule has 0 radical (unpaired) electrons. The Morgan fingerprint density at radius 3 is 2.52 bits per heavy atom. The molecule has 27 heavy (non-hydrogen) atoms. The zero-order chi connectivity index (χ0) is 19.8. The molecule has 1 atom stereocenters. The summed E-state index contributed by atoms with van der Waals surface area (Å²) in [5.41, 5.74) is 1.49. The first kappa shape index (κ1) is 19.3. The molecule has 1 unspecified atom stereocenters. The lowest BCUT2D eigenvalue weighted by Crippen LogP contribution is -2.30. The van der Waals surface area contributed by atoms with Crippen molar-refractivity contribution in [3.8, 4) is 5.75 Å². The zero-order valence-corrected chi connectivity index (χ0v) is 16.0. The van der Waals surface area contributed by atoms with E-state index in [4.69, 9.17) is 0 Å². The van der Waals surface area contributed by atoms with Crippen LogP contribution in [0.2, 0.25) is 0 Å². The van der Waals surface area contributed by atoms with Gasteiger partial charge in [-0.25, -0.2) is 8.42 Å². The molecular formula is C17H18N2O6S2. The highest BCUT2D eigenvalue weighted by Gasteiger charge is 2.36. The van der Waals surface area contributed by atoms with Gasteiger partial charge in [0.15, 0.2) is 9.84 Å². The van der Waals surface area contributed by atoms with E-state index in [9.17, 15) is 26.7 Å². The monoisotopic (exact) mass is 410 g/mol. The Bertz CT molecular complexity index is 1100. The Balaban J connectivity index is 1.87. The van der Waals surface area contributed by atoms with Crippen LogP contribution in [0.3, 0.4) is 0 Å². The van der Waals surface area contributed by atoms with Crippen LogP contribution in [0.15, 0.2) is 47.4 Å². The quantitative estimate of drug-likeness (QED) is 0.697. The number of anilines is 1. The van der Waals surface area contributed by atoms with E-state index in [1.54, 1.807) is 24.3 Å². The topological polar surface area (TPSA) is 121 Å². The molecule has 1 fully saturated rings. The Labute approximate surface area is 157 Å². The average molecular weight is 410 g/mol. The number of carbonyl (C=O) groups is 1. The van der Waals surface area contributed by atoms with Gasteiger partial charge in [0.05, 0.1) is 23.2 Å². The number of phenols is 1. The molecule has 1 aliphatic rings. The Morgan fingerprint density at radius 2 is 1.93 bits per heavy atom. The number of hydrogen-bond acceptors (Lipinski definition) is 6. The highest BCUT2D eigenvalue weighted by atomic mass is 32.2. The van der Waals surface area contributed by atoms with Gasteiger partial charge in [-0.3, -0.25) is 4.31 Å². The van der Waals surface area contributed by atoms with Gasteiger partial charge >= 0.3 is 10.2 Å². The van der Waals surface area contributed by atoms with Gasteiger partial charge in [-0.15, -0.1) is 0 Å². The first-order valence-corrected chi connectivity index (χ1v) is 11.3. The van der Waals surface area contributed by atoms with E-state index >= 15 is 0 Å². The average Bonchev–Trinajstić information content (AvgIpc) is 2.89. The van der Waals surface area contributed by atoms with Crippen molar-refractivity contribution in [1.29, 1.82) is 0 Å². The zero-order valence-electron chi connectivity index (χ0n) is 14.4. The predicted molar refractivity (Wildman–Crippen MR) is 99.7 cm³/mol. The first-order chi connectivity index (χ1) is 12.6. The van der Waals surface area contributed by atoms with Crippen LogP contribution in [0.25, 0.3) is 0 Å². The molecule has 0 aliphatic carbocycles. The van der Waals surface area contributed by atoms with E-state index in [0.29, 0.717) is 18.3 Å². The summed E-state index contributed by atoms with van der Waals surface area (Å²) in [7, 11) is -7.21. The minimum atomic E-state index is -3.89. The van der Waals surface area contributed by atoms with E-state index in [1.165, 1.54) is 18.2 Å². The second-order valence-electron chi connectivity index (χ2n) is 6.32. The van der Waals surface area contributed by atoms with Crippen molar-refractivity contribution in [1.82, 2.24) is 4.72 Å². The number of aldehydes is 1. The minimum Gasteiger partial charge on any atom is -0.506 e. The molecule has 3 rings (SSSR count). The first-order valence-electron chi connectivity index (χ1n) is 7.96. The van der Waals surface area contributed by atoms with E-state index in [2.05, 4.69) is 4.72 Å². The number of nitrogens with zero attached hydrogens (tertiary/aromatic N) is 1. The standard InChI is InChI=1S/C17H18N2O6S2/c1-26(22,23)15-4-2-3-12(8-15)7-13-5-6-16(17(21)9-13)19-10-14(11-20)18-27(19,24)25/h2-6,8-9,11,14,18,21H,7,10H2,1H3. The third-order valence-corrected chi connectivity index (χ3v) is 6.80. The van der Waals surface area contributed by atoms with Crippen LogP contribution < -0.4 is 9.03 Å². The molecule has 8 nitrogen and oxygen atoms in total. The van der Waals surface area contributed by atoms with Gasteiger partial charge in [-0.05, 0) is 41.8 Å². The molecule has 10 heteroatoms. The number of sulfone groups is 1. The molecule has 2 aromatic rings. The molecule has 0 spiro atoms. The third-order valence-electron chi connectivity index (χ3n) is 4.16. The van der Waals surface area contributed by atoms with Crippen molar-refractivity contribution in [2.75, 3.05) is 17.1 Å². The van der Waals surface area contributed by atoms with Gasteiger partial charge in [-0.1, -0.05) is 18.2 Å². The molecular weight excluding hydrogens is 392 g/mol. The minimum absolute atomic E-state index is 0.0699. The SMILES string of the molecule is CS(=O)(=O)c1cccc(Cc2ccc(N3CC(C=O)NS3(=O)=O)c(O)c2)c1. The number of carbonyl (C=O) groups excluding carboxylic acids is 1. The van der Waals surface area contributed by atoms with Crippen LogP contribution in [0.1, 0.15) is 11.1 Å². The van der Waals surface area contributed by atoms with Gasteiger partial charge in [0, 0.05) is 6.26 Å². The summed E-state index contributed by atoms with van der Waals surface area (Å²) in [6.07, 6.45) is 1.99. The van der Waals surface area contributed by atoms with E-state index in [0.717, 1.165) is 16.1 Å². The summed E-state index contributed by atoms with van der Waals surface area (Å²) in [6, 6.07) is 10.1. The molecule has 2 aromatic carbocycles. The van der Waals surface area contributed by atoms with E-state index < -0.39 is 26.1 Å². The molecule has 0 bridgehead atoms. The maximum absolute atomic E-state index is 12.1. The van der Waals surface area contributed by atoms with Crippen LogP contribution in [0.5, 0.6) is 5.75 Å². The van der Waals surface area contributed by atoms with Gasteiger partial charge in [0.25, 0.3) is 0 Å². The lowest BCUT2D eigenvalue weighted by molar-refractivity contribution is -0.108. The number of benzene rings is 2. The number of phenolic OH excluding ortho intramolecular Hbond substituents is 1. The largest absolute Gasteiger partial charge is 0.506 e. The lowest BCUT2D eigenvalue weighted by atomic mass is 10.0. The van der Waals surface area contributed by atoms with Gasteiger partial charge in [-0.2, -0.15) is 13.1 Å². The van der Waals surface area contributed by atoms with Crippen LogP contribution in [0, 0.1) is 0 Å².